The van der Waals surface area contributed by atoms with Crippen LogP contribution in [-0.4, -0.2) is 30.8 Å². The van der Waals surface area contributed by atoms with Gasteiger partial charge in [-0.05, 0) is 48.6 Å². The Morgan fingerprint density at radius 2 is 2.38 bits per heavy atom. The van der Waals surface area contributed by atoms with E-state index >= 15 is 0 Å². The zero-order chi connectivity index (χ0) is 14.9. The Morgan fingerprint density at radius 1 is 1.52 bits per heavy atom. The van der Waals surface area contributed by atoms with Crippen LogP contribution in [0.5, 0.6) is 5.75 Å². The zero-order valence-corrected chi connectivity index (χ0v) is 13.1. The van der Waals surface area contributed by atoms with Gasteiger partial charge in [0.2, 0.25) is 0 Å². The first kappa shape index (κ1) is 15.1. The van der Waals surface area contributed by atoms with E-state index in [1.54, 1.807) is 12.1 Å². The van der Waals surface area contributed by atoms with Crippen LogP contribution >= 0.6 is 11.8 Å². The Hall–Kier alpha value is -0.780. The Kier molecular flexibility index (Phi) is 4.43. The second-order valence-corrected chi connectivity index (χ2v) is 7.11. The van der Waals surface area contributed by atoms with Gasteiger partial charge in [-0.15, -0.1) is 0 Å². The molecule has 2 saturated heterocycles. The van der Waals surface area contributed by atoms with Crippen molar-refractivity contribution in [3.8, 4) is 5.75 Å². The lowest BCUT2D eigenvalue weighted by Crippen LogP contribution is -2.42. The zero-order valence-electron chi connectivity index (χ0n) is 12.3. The highest BCUT2D eigenvalue weighted by Gasteiger charge is 2.42. The summed E-state index contributed by atoms with van der Waals surface area (Å²) in [5, 5.41) is 0. The quantitative estimate of drug-likeness (QED) is 0.931. The van der Waals surface area contributed by atoms with Crippen LogP contribution in [0, 0.1) is 11.7 Å². The van der Waals surface area contributed by atoms with E-state index in [0.29, 0.717) is 5.92 Å². The van der Waals surface area contributed by atoms with Crippen molar-refractivity contribution in [1.82, 2.24) is 0 Å². The molecule has 1 aromatic carbocycles. The van der Waals surface area contributed by atoms with Gasteiger partial charge < -0.3 is 15.2 Å². The molecule has 2 aliphatic heterocycles. The fraction of sp³-hybridized carbons (Fsp3) is 0.625. The van der Waals surface area contributed by atoms with E-state index in [2.05, 4.69) is 0 Å². The Bertz CT molecular complexity index is 505. The lowest BCUT2D eigenvalue weighted by Gasteiger charge is -2.40. The van der Waals surface area contributed by atoms with Crippen LogP contribution in [0.4, 0.5) is 4.39 Å². The second kappa shape index (κ2) is 6.15. The van der Waals surface area contributed by atoms with Crippen molar-refractivity contribution in [3.05, 3.63) is 29.6 Å². The van der Waals surface area contributed by atoms with Crippen molar-refractivity contribution in [1.29, 1.82) is 0 Å². The molecule has 5 heteroatoms. The van der Waals surface area contributed by atoms with Crippen molar-refractivity contribution >= 4 is 11.8 Å². The normalized spacial score (nSPS) is 30.5. The van der Waals surface area contributed by atoms with Gasteiger partial charge >= 0.3 is 0 Å². The summed E-state index contributed by atoms with van der Waals surface area (Å²) in [4.78, 5) is 0. The summed E-state index contributed by atoms with van der Waals surface area (Å²) in [5.41, 5.74) is 7.42. The predicted octanol–water partition coefficient (Wildman–Crippen LogP) is 3.14. The molecule has 0 bridgehead atoms. The van der Waals surface area contributed by atoms with Crippen molar-refractivity contribution in [2.24, 2.45) is 11.7 Å². The maximum Gasteiger partial charge on any atom is 0.165 e. The molecule has 0 saturated carbocycles. The van der Waals surface area contributed by atoms with E-state index < -0.39 is 0 Å². The summed E-state index contributed by atoms with van der Waals surface area (Å²) < 4.78 is 24.6. The number of thioether (sulfide) groups is 1. The minimum Gasteiger partial charge on any atom is -0.494 e. The number of ether oxygens (including phenoxy) is 2. The van der Waals surface area contributed by atoms with Crippen molar-refractivity contribution in [2.75, 3.05) is 25.2 Å². The second-order valence-electron chi connectivity index (χ2n) is 6.01. The van der Waals surface area contributed by atoms with Crippen LogP contribution in [0.1, 0.15) is 30.9 Å². The highest BCUT2D eigenvalue weighted by Crippen LogP contribution is 2.43. The van der Waals surface area contributed by atoms with E-state index in [9.17, 15) is 4.39 Å². The van der Waals surface area contributed by atoms with Crippen LogP contribution in [0.25, 0.3) is 0 Å². The first-order valence-corrected chi connectivity index (χ1v) is 8.60. The highest BCUT2D eigenvalue weighted by atomic mass is 32.2. The number of hydrogen-bond donors (Lipinski definition) is 1. The van der Waals surface area contributed by atoms with E-state index in [1.165, 1.54) is 18.9 Å². The number of hydrogen-bond acceptors (Lipinski definition) is 4. The van der Waals surface area contributed by atoms with Crippen LogP contribution in [0.15, 0.2) is 18.2 Å². The Balaban J connectivity index is 1.76. The van der Waals surface area contributed by atoms with Crippen LogP contribution in [0.2, 0.25) is 0 Å². The number of nitrogens with two attached hydrogens (primary N) is 1. The van der Waals surface area contributed by atoms with Gasteiger partial charge in [-0.25, -0.2) is 4.39 Å². The third kappa shape index (κ3) is 3.05. The average Bonchev–Trinajstić information content (AvgIpc) is 2.95. The molecule has 1 aromatic rings. The molecule has 0 radical (unpaired) electrons. The molecule has 2 fully saturated rings. The topological polar surface area (TPSA) is 44.5 Å². The fourth-order valence-electron chi connectivity index (χ4n) is 3.39. The first-order valence-electron chi connectivity index (χ1n) is 7.44. The van der Waals surface area contributed by atoms with Crippen molar-refractivity contribution in [3.63, 3.8) is 0 Å². The van der Waals surface area contributed by atoms with Crippen LogP contribution < -0.4 is 10.5 Å². The molecule has 1 spiro atoms. The van der Waals surface area contributed by atoms with Gasteiger partial charge in [0.15, 0.2) is 11.6 Å². The molecular formula is C16H22FNO2S. The van der Waals surface area contributed by atoms with Crippen molar-refractivity contribution < 1.29 is 13.9 Å². The number of benzene rings is 1. The highest BCUT2D eigenvalue weighted by molar-refractivity contribution is 7.99. The molecule has 3 rings (SSSR count). The van der Waals surface area contributed by atoms with E-state index in [1.807, 2.05) is 11.8 Å². The number of halogens is 1. The smallest absolute Gasteiger partial charge is 0.165 e. The maximum atomic E-state index is 13.5. The molecule has 0 aliphatic carbocycles. The predicted molar refractivity (Wildman–Crippen MR) is 83.2 cm³/mol. The van der Waals surface area contributed by atoms with E-state index in [-0.39, 0.29) is 23.2 Å². The van der Waals surface area contributed by atoms with Crippen LogP contribution in [-0.2, 0) is 4.74 Å². The third-order valence-corrected chi connectivity index (χ3v) is 5.89. The number of rotatable bonds is 3. The molecule has 3 nitrogen and oxygen atoms in total. The molecule has 116 valence electrons. The number of methoxy groups -OCH3 is 1. The Morgan fingerprint density at radius 3 is 3.10 bits per heavy atom. The fourth-order valence-corrected chi connectivity index (χ4v) is 4.77. The first-order chi connectivity index (χ1) is 10.1. The van der Waals surface area contributed by atoms with Gasteiger partial charge in [0.25, 0.3) is 0 Å². The summed E-state index contributed by atoms with van der Waals surface area (Å²) in [5.74, 6) is 2.55. The summed E-state index contributed by atoms with van der Waals surface area (Å²) in [6, 6.07) is 4.85. The van der Waals surface area contributed by atoms with Gasteiger partial charge in [0.1, 0.15) is 0 Å². The molecule has 2 heterocycles. The average molecular weight is 311 g/mol. The molecule has 0 amide bonds. The molecule has 2 N–H and O–H groups in total. The monoisotopic (exact) mass is 311 g/mol. The van der Waals surface area contributed by atoms with Crippen molar-refractivity contribution in [2.45, 2.75) is 30.9 Å². The molecular weight excluding hydrogens is 289 g/mol. The van der Waals surface area contributed by atoms with Gasteiger partial charge in [-0.3, -0.25) is 0 Å². The summed E-state index contributed by atoms with van der Waals surface area (Å²) in [6.45, 7) is 0.775. The van der Waals surface area contributed by atoms with Gasteiger partial charge in [-0.1, -0.05) is 6.07 Å². The lowest BCUT2D eigenvalue weighted by atomic mass is 9.79. The minimum absolute atomic E-state index is 0.0231. The summed E-state index contributed by atoms with van der Waals surface area (Å²) in [6.07, 6.45) is 3.09. The largest absolute Gasteiger partial charge is 0.494 e. The van der Waals surface area contributed by atoms with E-state index in [0.717, 1.165) is 37.2 Å². The van der Waals surface area contributed by atoms with Crippen LogP contribution in [0.3, 0.4) is 0 Å². The van der Waals surface area contributed by atoms with E-state index in [4.69, 9.17) is 15.2 Å². The molecule has 3 atom stereocenters. The summed E-state index contributed by atoms with van der Waals surface area (Å²) >= 11 is 1.96. The molecule has 21 heavy (non-hydrogen) atoms. The lowest BCUT2D eigenvalue weighted by molar-refractivity contribution is -0.0834. The van der Waals surface area contributed by atoms with Gasteiger partial charge in [-0.2, -0.15) is 11.8 Å². The van der Waals surface area contributed by atoms with Gasteiger partial charge in [0, 0.05) is 18.4 Å². The SMILES string of the molecule is COc1cc(C(N)C2CCOC3(CCSC3)C2)ccc1F. The maximum absolute atomic E-state index is 13.5. The standard InChI is InChI=1S/C16H22FNO2S/c1-19-14-8-11(2-3-13(14)17)15(18)12-4-6-20-16(9-12)5-7-21-10-16/h2-3,8,12,15H,4-7,9-10,18H2,1H3. The molecule has 3 unspecified atom stereocenters. The Labute approximate surface area is 129 Å². The molecule has 0 aromatic heterocycles. The minimum atomic E-state index is -0.343. The summed E-state index contributed by atoms with van der Waals surface area (Å²) in [7, 11) is 1.48. The van der Waals surface area contributed by atoms with Gasteiger partial charge in [0.05, 0.1) is 12.7 Å². The third-order valence-electron chi connectivity index (χ3n) is 4.67. The molecule has 2 aliphatic rings.